The van der Waals surface area contributed by atoms with Crippen LogP contribution in [-0.4, -0.2) is 16.8 Å². The number of nitrogens with zero attached hydrogens (tertiary/aromatic N) is 1. The van der Waals surface area contributed by atoms with Gasteiger partial charge in [0.1, 0.15) is 5.71 Å². The van der Waals surface area contributed by atoms with E-state index in [-0.39, 0.29) is 5.91 Å². The van der Waals surface area contributed by atoms with Crippen molar-refractivity contribution in [2.24, 2.45) is 5.16 Å². The molecular weight excluding hydrogens is 332 g/mol. The van der Waals surface area contributed by atoms with E-state index in [1.807, 2.05) is 30.3 Å². The summed E-state index contributed by atoms with van der Waals surface area (Å²) in [6.45, 7) is 3.43. The fourth-order valence-corrected chi connectivity index (χ4v) is 2.23. The molecule has 0 fully saturated rings. The van der Waals surface area contributed by atoms with Crippen molar-refractivity contribution in [2.45, 2.75) is 0 Å². The maximum atomic E-state index is 11.5. The molecule has 0 radical (unpaired) electrons. The summed E-state index contributed by atoms with van der Waals surface area (Å²) in [4.78, 5) is 11.5. The molecule has 2 aromatic rings. The Morgan fingerprint density at radius 3 is 2.57 bits per heavy atom. The first-order chi connectivity index (χ1) is 10.2. The van der Waals surface area contributed by atoms with Gasteiger partial charge in [0.05, 0.1) is 5.69 Å². The molecule has 0 bridgehead atoms. The monoisotopic (exact) mass is 344 g/mol. The van der Waals surface area contributed by atoms with Crippen LogP contribution in [0.4, 0.5) is 5.69 Å². The summed E-state index contributed by atoms with van der Waals surface area (Å²) in [5.41, 5.74) is 2.26. The second-order valence-corrected chi connectivity index (χ2v) is 5.11. The van der Waals surface area contributed by atoms with Crippen LogP contribution >= 0.6 is 15.9 Å². The molecule has 2 aromatic carbocycles. The molecule has 21 heavy (non-hydrogen) atoms. The third-order valence-electron chi connectivity index (χ3n) is 2.83. The highest BCUT2D eigenvalue weighted by Crippen LogP contribution is 2.24. The van der Waals surface area contributed by atoms with Crippen molar-refractivity contribution >= 4 is 33.2 Å². The minimum absolute atomic E-state index is 0.330. The van der Waals surface area contributed by atoms with E-state index >= 15 is 0 Å². The van der Waals surface area contributed by atoms with Crippen molar-refractivity contribution < 1.29 is 10.0 Å². The molecule has 0 saturated carbocycles. The van der Waals surface area contributed by atoms with Crippen LogP contribution in [0, 0.1) is 0 Å². The number of halogens is 1. The first kappa shape index (κ1) is 15.0. The van der Waals surface area contributed by atoms with Crippen molar-refractivity contribution in [1.82, 2.24) is 0 Å². The highest BCUT2D eigenvalue weighted by molar-refractivity contribution is 9.10. The predicted octanol–water partition coefficient (Wildman–Crippen LogP) is 3.80. The summed E-state index contributed by atoms with van der Waals surface area (Å²) in [7, 11) is 0. The van der Waals surface area contributed by atoms with E-state index in [9.17, 15) is 10.0 Å². The summed E-state index contributed by atoms with van der Waals surface area (Å²) < 4.78 is 0.811. The van der Waals surface area contributed by atoms with Gasteiger partial charge in [0.2, 0.25) is 5.91 Å². The number of rotatable bonds is 4. The van der Waals surface area contributed by atoms with Crippen LogP contribution < -0.4 is 5.32 Å². The lowest BCUT2D eigenvalue weighted by atomic mass is 10.0. The van der Waals surface area contributed by atoms with Gasteiger partial charge in [0.25, 0.3) is 0 Å². The maximum Gasteiger partial charge on any atom is 0.247 e. The normalized spacial score (nSPS) is 11.0. The fourth-order valence-electron chi connectivity index (χ4n) is 1.87. The third kappa shape index (κ3) is 3.58. The number of carbonyl (C=O) groups is 1. The van der Waals surface area contributed by atoms with E-state index in [4.69, 9.17) is 0 Å². The minimum Gasteiger partial charge on any atom is -0.410 e. The number of benzene rings is 2. The third-order valence-corrected chi connectivity index (χ3v) is 3.32. The lowest BCUT2D eigenvalue weighted by Crippen LogP contribution is -2.13. The Morgan fingerprint density at radius 1 is 1.24 bits per heavy atom. The molecule has 0 heterocycles. The molecule has 0 saturated heterocycles. The van der Waals surface area contributed by atoms with Gasteiger partial charge in [-0.1, -0.05) is 58.0 Å². The molecule has 0 spiro atoms. The first-order valence-corrected chi connectivity index (χ1v) is 6.96. The van der Waals surface area contributed by atoms with Crippen molar-refractivity contribution in [1.29, 1.82) is 0 Å². The molecule has 0 aromatic heterocycles. The summed E-state index contributed by atoms with van der Waals surface area (Å²) in [6, 6.07) is 14.5. The Labute approximate surface area is 130 Å². The zero-order chi connectivity index (χ0) is 15.2. The van der Waals surface area contributed by atoms with Crippen molar-refractivity contribution in [3.8, 4) is 0 Å². The van der Waals surface area contributed by atoms with E-state index < -0.39 is 0 Å². The van der Waals surface area contributed by atoms with Gasteiger partial charge in [0.15, 0.2) is 0 Å². The van der Waals surface area contributed by atoms with Gasteiger partial charge in [-0.15, -0.1) is 0 Å². The molecule has 0 unspecified atom stereocenters. The molecule has 2 rings (SSSR count). The van der Waals surface area contributed by atoms with Crippen LogP contribution in [0.5, 0.6) is 0 Å². The number of anilines is 1. The summed E-state index contributed by atoms with van der Waals surface area (Å²) in [5, 5.41) is 15.5. The van der Waals surface area contributed by atoms with E-state index in [0.29, 0.717) is 17.0 Å². The Morgan fingerprint density at radius 2 is 1.95 bits per heavy atom. The molecule has 0 aliphatic rings. The lowest BCUT2D eigenvalue weighted by Gasteiger charge is -2.12. The van der Waals surface area contributed by atoms with Crippen LogP contribution in [-0.2, 0) is 4.79 Å². The average molecular weight is 345 g/mol. The molecule has 1 amide bonds. The molecule has 2 N–H and O–H groups in total. The van der Waals surface area contributed by atoms with Crippen molar-refractivity contribution in [3.63, 3.8) is 0 Å². The fraction of sp³-hybridized carbons (Fsp3) is 0. The summed E-state index contributed by atoms with van der Waals surface area (Å²) >= 11 is 3.38. The first-order valence-electron chi connectivity index (χ1n) is 6.16. The maximum absolute atomic E-state index is 11.5. The van der Waals surface area contributed by atoms with Crippen LogP contribution in [0.3, 0.4) is 0 Å². The highest BCUT2D eigenvalue weighted by atomic mass is 79.9. The molecule has 0 atom stereocenters. The Balaban J connectivity index is 2.53. The molecule has 0 aliphatic carbocycles. The second kappa shape index (κ2) is 6.85. The van der Waals surface area contributed by atoms with Gasteiger partial charge in [-0.25, -0.2) is 0 Å². The highest BCUT2D eigenvalue weighted by Gasteiger charge is 2.14. The SMILES string of the molecule is C=CC(=O)Nc1ccc(Br)cc1C(=NO)c1ccccc1. The largest absolute Gasteiger partial charge is 0.410 e. The van der Waals surface area contributed by atoms with E-state index in [0.717, 1.165) is 10.0 Å². The molecule has 0 aliphatic heterocycles. The van der Waals surface area contributed by atoms with Crippen LogP contribution in [0.25, 0.3) is 0 Å². The number of hydrogen-bond acceptors (Lipinski definition) is 3. The van der Waals surface area contributed by atoms with E-state index in [1.54, 1.807) is 18.2 Å². The topological polar surface area (TPSA) is 61.7 Å². The van der Waals surface area contributed by atoms with Gasteiger partial charge in [0, 0.05) is 15.6 Å². The van der Waals surface area contributed by atoms with E-state index in [2.05, 4.69) is 33.0 Å². The lowest BCUT2D eigenvalue weighted by molar-refractivity contribution is -0.111. The van der Waals surface area contributed by atoms with Crippen LogP contribution in [0.2, 0.25) is 0 Å². The second-order valence-electron chi connectivity index (χ2n) is 4.20. The van der Waals surface area contributed by atoms with Gasteiger partial charge in [-0.3, -0.25) is 4.79 Å². The number of nitrogens with one attached hydrogen (secondary N) is 1. The predicted molar refractivity (Wildman–Crippen MR) is 86.8 cm³/mol. The molecular formula is C16H13BrN2O2. The Hall–Kier alpha value is -2.40. The molecule has 5 heteroatoms. The van der Waals surface area contributed by atoms with Gasteiger partial charge in [-0.05, 0) is 24.3 Å². The summed E-state index contributed by atoms with van der Waals surface area (Å²) in [5.74, 6) is -0.330. The molecule has 106 valence electrons. The van der Waals surface area contributed by atoms with Gasteiger partial charge < -0.3 is 10.5 Å². The van der Waals surface area contributed by atoms with Crippen molar-refractivity contribution in [3.05, 3.63) is 76.8 Å². The van der Waals surface area contributed by atoms with Crippen LogP contribution in [0.15, 0.2) is 70.8 Å². The smallest absolute Gasteiger partial charge is 0.247 e. The van der Waals surface area contributed by atoms with Gasteiger partial charge >= 0.3 is 0 Å². The molecule has 4 nitrogen and oxygen atoms in total. The number of carbonyl (C=O) groups excluding carboxylic acids is 1. The number of oxime groups is 1. The standard InChI is InChI=1S/C16H13BrN2O2/c1-2-15(20)18-14-9-8-12(17)10-13(14)16(19-21)11-6-4-3-5-7-11/h2-10,21H,1H2,(H,18,20). The van der Waals surface area contributed by atoms with Crippen LogP contribution in [0.1, 0.15) is 11.1 Å². The minimum atomic E-state index is -0.330. The van der Waals surface area contributed by atoms with E-state index in [1.165, 1.54) is 6.08 Å². The zero-order valence-electron chi connectivity index (χ0n) is 11.1. The van der Waals surface area contributed by atoms with Gasteiger partial charge in [-0.2, -0.15) is 0 Å². The summed E-state index contributed by atoms with van der Waals surface area (Å²) in [6.07, 6.45) is 1.18. The Bertz CT molecular complexity index is 697. The average Bonchev–Trinajstić information content (AvgIpc) is 2.51. The quantitative estimate of drug-likeness (QED) is 0.383. The number of amides is 1. The zero-order valence-corrected chi connectivity index (χ0v) is 12.7. The Kier molecular flexibility index (Phi) is 4.90. The van der Waals surface area contributed by atoms with Crippen molar-refractivity contribution in [2.75, 3.05) is 5.32 Å². The number of hydrogen-bond donors (Lipinski definition) is 2.